The van der Waals surface area contributed by atoms with E-state index in [1.54, 1.807) is 0 Å². The summed E-state index contributed by atoms with van der Waals surface area (Å²) in [5, 5.41) is 27.7. The predicted molar refractivity (Wildman–Crippen MR) is 58.9 cm³/mol. The summed E-state index contributed by atoms with van der Waals surface area (Å²) in [5.74, 6) is -0.0227. The van der Waals surface area contributed by atoms with Crippen LogP contribution in [0.2, 0.25) is 0 Å². The van der Waals surface area contributed by atoms with Gasteiger partial charge in [0, 0.05) is 13.1 Å². The van der Waals surface area contributed by atoms with E-state index in [2.05, 4.69) is 0 Å². The number of β-amino-alcohol motifs (C(OH)–C–C–N with tert-alkyl or cyclic N) is 2. The zero-order valence-electron chi connectivity index (χ0n) is 8.89. The zero-order chi connectivity index (χ0) is 12.6. The van der Waals surface area contributed by atoms with E-state index in [0.717, 1.165) is 4.31 Å². The van der Waals surface area contributed by atoms with Gasteiger partial charge in [0.25, 0.3) is 0 Å². The number of aliphatic hydroxyl groups is 2. The first kappa shape index (κ1) is 12.3. The van der Waals surface area contributed by atoms with Crippen LogP contribution in [-0.2, 0) is 10.0 Å². The van der Waals surface area contributed by atoms with Gasteiger partial charge in [-0.3, -0.25) is 0 Å². The van der Waals surface area contributed by atoms with Crippen molar-refractivity contribution in [2.24, 2.45) is 0 Å². The van der Waals surface area contributed by atoms with Crippen LogP contribution >= 0.6 is 0 Å². The smallest absolute Gasteiger partial charge is 0.243 e. The standard InChI is InChI=1S/C10H13NO5S/c12-7-1-3-8(4-2-7)17(15,16)11-5-9(13)10(14)6-11/h1-4,9-10,12-14H,5-6H2/t9-,10-/m0/s1. The van der Waals surface area contributed by atoms with Gasteiger partial charge in [-0.05, 0) is 24.3 Å². The molecule has 94 valence electrons. The van der Waals surface area contributed by atoms with Crippen LogP contribution in [0.3, 0.4) is 0 Å². The zero-order valence-corrected chi connectivity index (χ0v) is 9.71. The minimum Gasteiger partial charge on any atom is -0.508 e. The van der Waals surface area contributed by atoms with E-state index >= 15 is 0 Å². The molecule has 0 aromatic heterocycles. The maximum absolute atomic E-state index is 12.1. The summed E-state index contributed by atoms with van der Waals surface area (Å²) in [4.78, 5) is 0.0246. The Bertz CT molecular complexity index is 488. The van der Waals surface area contributed by atoms with Crippen molar-refractivity contribution in [3.05, 3.63) is 24.3 Å². The van der Waals surface area contributed by atoms with E-state index in [4.69, 9.17) is 5.11 Å². The summed E-state index contributed by atoms with van der Waals surface area (Å²) >= 11 is 0. The average Bonchev–Trinajstić information content (AvgIpc) is 2.60. The lowest BCUT2D eigenvalue weighted by Crippen LogP contribution is -2.29. The second-order valence-electron chi connectivity index (χ2n) is 3.95. The molecule has 1 heterocycles. The molecule has 3 N–H and O–H groups in total. The van der Waals surface area contributed by atoms with Gasteiger partial charge in [-0.25, -0.2) is 8.42 Å². The van der Waals surface area contributed by atoms with Crippen LogP contribution in [0.25, 0.3) is 0 Å². The molecular formula is C10H13NO5S. The van der Waals surface area contributed by atoms with Crippen molar-refractivity contribution < 1.29 is 23.7 Å². The van der Waals surface area contributed by atoms with E-state index in [-0.39, 0.29) is 23.7 Å². The first-order valence-electron chi connectivity index (χ1n) is 5.06. The fourth-order valence-corrected chi connectivity index (χ4v) is 3.17. The third-order valence-electron chi connectivity index (χ3n) is 2.70. The van der Waals surface area contributed by atoms with Gasteiger partial charge in [0.2, 0.25) is 10.0 Å². The summed E-state index contributed by atoms with van der Waals surface area (Å²) in [6, 6.07) is 5.11. The van der Waals surface area contributed by atoms with Crippen LogP contribution in [0.1, 0.15) is 0 Å². The van der Waals surface area contributed by atoms with E-state index in [1.807, 2.05) is 0 Å². The quantitative estimate of drug-likeness (QED) is 0.640. The Labute approximate surface area is 98.8 Å². The first-order chi connectivity index (χ1) is 7.91. The lowest BCUT2D eigenvalue weighted by Gasteiger charge is -2.15. The summed E-state index contributed by atoms with van der Waals surface area (Å²) in [7, 11) is -3.72. The van der Waals surface area contributed by atoms with Gasteiger partial charge in [-0.1, -0.05) is 0 Å². The molecule has 1 saturated heterocycles. The van der Waals surface area contributed by atoms with Crippen molar-refractivity contribution in [3.63, 3.8) is 0 Å². The maximum atomic E-state index is 12.1. The Kier molecular flexibility index (Phi) is 3.09. The Balaban J connectivity index is 2.28. The third-order valence-corrected chi connectivity index (χ3v) is 4.55. The number of nitrogens with zero attached hydrogens (tertiary/aromatic N) is 1. The van der Waals surface area contributed by atoms with Gasteiger partial charge in [0.1, 0.15) is 5.75 Å². The van der Waals surface area contributed by atoms with Gasteiger partial charge in [0.05, 0.1) is 17.1 Å². The molecule has 1 fully saturated rings. The predicted octanol–water partition coefficient (Wildman–Crippen LogP) is -0.882. The highest BCUT2D eigenvalue weighted by molar-refractivity contribution is 7.89. The highest BCUT2D eigenvalue weighted by atomic mass is 32.2. The molecule has 0 bridgehead atoms. The fraction of sp³-hybridized carbons (Fsp3) is 0.400. The van der Waals surface area contributed by atoms with Gasteiger partial charge in [0.15, 0.2) is 0 Å². The molecule has 0 spiro atoms. The van der Waals surface area contributed by atoms with Crippen molar-refractivity contribution in [3.8, 4) is 5.75 Å². The number of phenolic OH excluding ortho intramolecular Hbond substituents is 1. The number of hydrogen-bond acceptors (Lipinski definition) is 5. The molecule has 0 radical (unpaired) electrons. The molecule has 7 heteroatoms. The number of hydrogen-bond donors (Lipinski definition) is 3. The van der Waals surface area contributed by atoms with Gasteiger partial charge >= 0.3 is 0 Å². The van der Waals surface area contributed by atoms with Gasteiger partial charge < -0.3 is 15.3 Å². The van der Waals surface area contributed by atoms with Gasteiger partial charge in [-0.2, -0.15) is 4.31 Å². The molecule has 1 aromatic rings. The number of rotatable bonds is 2. The average molecular weight is 259 g/mol. The SMILES string of the molecule is O=S(=O)(c1ccc(O)cc1)N1C[C@H](O)[C@@H](O)C1. The summed E-state index contributed by atoms with van der Waals surface area (Å²) in [6.07, 6.45) is -2.11. The lowest BCUT2D eigenvalue weighted by atomic mass is 10.3. The Morgan fingerprint density at radius 2 is 1.53 bits per heavy atom. The first-order valence-corrected chi connectivity index (χ1v) is 6.50. The van der Waals surface area contributed by atoms with Crippen LogP contribution in [0.4, 0.5) is 0 Å². The van der Waals surface area contributed by atoms with Crippen LogP contribution < -0.4 is 0 Å². The van der Waals surface area contributed by atoms with Crippen LogP contribution in [-0.4, -0.2) is 53.3 Å². The molecule has 0 unspecified atom stereocenters. The largest absolute Gasteiger partial charge is 0.508 e. The van der Waals surface area contributed by atoms with E-state index in [9.17, 15) is 18.6 Å². The number of aliphatic hydroxyl groups excluding tert-OH is 2. The molecule has 2 rings (SSSR count). The molecule has 1 aliphatic rings. The molecule has 17 heavy (non-hydrogen) atoms. The van der Waals surface area contributed by atoms with Crippen LogP contribution in [0.5, 0.6) is 5.75 Å². The van der Waals surface area contributed by atoms with Crippen LogP contribution in [0.15, 0.2) is 29.2 Å². The normalized spacial score (nSPS) is 26.2. The van der Waals surface area contributed by atoms with Crippen molar-refractivity contribution in [1.82, 2.24) is 4.31 Å². The molecule has 6 nitrogen and oxygen atoms in total. The molecule has 0 aliphatic carbocycles. The highest BCUT2D eigenvalue weighted by Gasteiger charge is 2.37. The van der Waals surface area contributed by atoms with E-state index in [0.29, 0.717) is 0 Å². The summed E-state index contributed by atoms with van der Waals surface area (Å²) < 4.78 is 25.1. The number of benzene rings is 1. The maximum Gasteiger partial charge on any atom is 0.243 e. The number of phenols is 1. The summed E-state index contributed by atoms with van der Waals surface area (Å²) in [6.45, 7) is -0.241. The number of sulfonamides is 1. The third kappa shape index (κ3) is 2.27. The van der Waals surface area contributed by atoms with Crippen molar-refractivity contribution >= 4 is 10.0 Å². The Hall–Kier alpha value is -1.15. The lowest BCUT2D eigenvalue weighted by molar-refractivity contribution is 0.0572. The van der Waals surface area contributed by atoms with E-state index in [1.165, 1.54) is 24.3 Å². The van der Waals surface area contributed by atoms with Gasteiger partial charge in [-0.15, -0.1) is 0 Å². The highest BCUT2D eigenvalue weighted by Crippen LogP contribution is 2.22. The van der Waals surface area contributed by atoms with Crippen molar-refractivity contribution in [2.75, 3.05) is 13.1 Å². The summed E-state index contributed by atoms with van der Waals surface area (Å²) in [5.41, 5.74) is 0. The topological polar surface area (TPSA) is 98.1 Å². The minimum atomic E-state index is -3.72. The van der Waals surface area contributed by atoms with Crippen LogP contribution in [0, 0.1) is 0 Å². The second-order valence-corrected chi connectivity index (χ2v) is 5.89. The minimum absolute atomic E-state index is 0.0227. The fourth-order valence-electron chi connectivity index (χ4n) is 1.70. The molecular weight excluding hydrogens is 246 g/mol. The Morgan fingerprint density at radius 1 is 1.06 bits per heavy atom. The molecule has 2 atom stereocenters. The molecule has 1 aliphatic heterocycles. The molecule has 0 saturated carbocycles. The van der Waals surface area contributed by atoms with Crippen molar-refractivity contribution in [2.45, 2.75) is 17.1 Å². The molecule has 1 aromatic carbocycles. The van der Waals surface area contributed by atoms with E-state index < -0.39 is 22.2 Å². The monoisotopic (exact) mass is 259 g/mol. The molecule has 0 amide bonds. The second kappa shape index (κ2) is 4.26. The van der Waals surface area contributed by atoms with Crippen molar-refractivity contribution in [1.29, 1.82) is 0 Å². The Morgan fingerprint density at radius 3 is 2.00 bits per heavy atom. The number of aromatic hydroxyl groups is 1.